The van der Waals surface area contributed by atoms with Crippen LogP contribution in [0, 0.1) is 5.82 Å². The van der Waals surface area contributed by atoms with E-state index in [1.54, 1.807) is 12.1 Å². The van der Waals surface area contributed by atoms with Gasteiger partial charge in [-0.15, -0.1) is 0 Å². The summed E-state index contributed by atoms with van der Waals surface area (Å²) < 4.78 is 13.8. The Balaban J connectivity index is 1.70. The summed E-state index contributed by atoms with van der Waals surface area (Å²) in [5.74, 6) is -0.487. The molecule has 0 unspecified atom stereocenters. The van der Waals surface area contributed by atoms with E-state index in [2.05, 4.69) is 15.3 Å². The predicted molar refractivity (Wildman–Crippen MR) is 71.7 cm³/mol. The highest BCUT2D eigenvalue weighted by Crippen LogP contribution is 2.48. The van der Waals surface area contributed by atoms with Crippen molar-refractivity contribution in [1.82, 2.24) is 15.3 Å². The number of rotatable bonds is 4. The first kappa shape index (κ1) is 12.7. The Kier molecular flexibility index (Phi) is 3.18. The van der Waals surface area contributed by atoms with Crippen molar-refractivity contribution < 1.29 is 9.18 Å². The third-order valence-corrected chi connectivity index (χ3v) is 3.68. The molecule has 1 aromatic heterocycles. The van der Waals surface area contributed by atoms with E-state index in [1.165, 1.54) is 24.7 Å². The molecule has 1 heterocycles. The third-order valence-electron chi connectivity index (χ3n) is 3.68. The van der Waals surface area contributed by atoms with Gasteiger partial charge in [0.05, 0.1) is 6.20 Å². The Bertz CT molecular complexity index is 626. The standard InChI is InChI=1S/C15H14FN3O/c16-12-4-2-1-3-11(12)15(5-6-15)10-19-14(20)13-9-17-7-8-18-13/h1-4,7-9H,5-6,10H2,(H,19,20). The van der Waals surface area contributed by atoms with Crippen LogP contribution in [0.5, 0.6) is 0 Å². The lowest BCUT2D eigenvalue weighted by molar-refractivity contribution is 0.0944. The van der Waals surface area contributed by atoms with Crippen LogP contribution in [0.15, 0.2) is 42.9 Å². The average molecular weight is 271 g/mol. The van der Waals surface area contributed by atoms with Gasteiger partial charge in [0.2, 0.25) is 0 Å². The zero-order valence-corrected chi connectivity index (χ0v) is 10.8. The van der Waals surface area contributed by atoms with Gasteiger partial charge in [-0.1, -0.05) is 18.2 Å². The molecule has 1 aliphatic carbocycles. The average Bonchev–Trinajstić information content (AvgIpc) is 3.27. The van der Waals surface area contributed by atoms with Crippen molar-refractivity contribution in [3.8, 4) is 0 Å². The summed E-state index contributed by atoms with van der Waals surface area (Å²) in [6.07, 6.45) is 6.17. The molecule has 0 aliphatic heterocycles. The minimum atomic E-state index is -0.277. The molecular formula is C15H14FN3O. The second-order valence-corrected chi connectivity index (χ2v) is 5.03. The van der Waals surface area contributed by atoms with Crippen molar-refractivity contribution in [3.05, 3.63) is 59.9 Å². The van der Waals surface area contributed by atoms with Gasteiger partial charge in [-0.2, -0.15) is 0 Å². The molecule has 0 atom stereocenters. The molecule has 102 valence electrons. The summed E-state index contributed by atoms with van der Waals surface area (Å²) >= 11 is 0. The topological polar surface area (TPSA) is 54.9 Å². The number of aromatic nitrogens is 2. The van der Waals surface area contributed by atoms with E-state index >= 15 is 0 Å². The number of hydrogen-bond donors (Lipinski definition) is 1. The van der Waals surface area contributed by atoms with Crippen LogP contribution < -0.4 is 5.32 Å². The highest BCUT2D eigenvalue weighted by molar-refractivity contribution is 5.91. The van der Waals surface area contributed by atoms with Gasteiger partial charge in [0.1, 0.15) is 11.5 Å². The van der Waals surface area contributed by atoms with Crippen LogP contribution in [0.1, 0.15) is 28.9 Å². The molecular weight excluding hydrogens is 257 g/mol. The van der Waals surface area contributed by atoms with Gasteiger partial charge < -0.3 is 5.32 Å². The smallest absolute Gasteiger partial charge is 0.271 e. The number of carbonyl (C=O) groups excluding carboxylic acids is 1. The highest BCUT2D eigenvalue weighted by Gasteiger charge is 2.46. The van der Waals surface area contributed by atoms with Crippen molar-refractivity contribution in [1.29, 1.82) is 0 Å². The van der Waals surface area contributed by atoms with Gasteiger partial charge in [-0.3, -0.25) is 9.78 Å². The first-order valence-electron chi connectivity index (χ1n) is 6.50. The van der Waals surface area contributed by atoms with E-state index in [4.69, 9.17) is 0 Å². The fraction of sp³-hybridized carbons (Fsp3) is 0.267. The largest absolute Gasteiger partial charge is 0.350 e. The van der Waals surface area contributed by atoms with Gasteiger partial charge >= 0.3 is 0 Å². The predicted octanol–water partition coefficient (Wildman–Crippen LogP) is 2.08. The molecule has 1 saturated carbocycles. The normalized spacial score (nSPS) is 15.7. The van der Waals surface area contributed by atoms with Crippen molar-refractivity contribution in [2.45, 2.75) is 18.3 Å². The van der Waals surface area contributed by atoms with E-state index in [-0.39, 0.29) is 22.8 Å². The van der Waals surface area contributed by atoms with Gasteiger partial charge in [0.15, 0.2) is 0 Å². The molecule has 0 saturated heterocycles. The molecule has 1 aliphatic rings. The molecule has 3 rings (SSSR count). The number of hydrogen-bond acceptors (Lipinski definition) is 3. The fourth-order valence-electron chi connectivity index (χ4n) is 2.34. The number of nitrogens with one attached hydrogen (secondary N) is 1. The van der Waals surface area contributed by atoms with Gasteiger partial charge in [0.25, 0.3) is 5.91 Å². The molecule has 1 fully saturated rings. The van der Waals surface area contributed by atoms with E-state index in [0.717, 1.165) is 12.8 Å². The molecule has 1 amide bonds. The maximum absolute atomic E-state index is 13.8. The van der Waals surface area contributed by atoms with E-state index in [1.807, 2.05) is 6.07 Å². The van der Waals surface area contributed by atoms with Crippen molar-refractivity contribution in [2.24, 2.45) is 0 Å². The zero-order chi connectivity index (χ0) is 14.0. The molecule has 0 bridgehead atoms. The summed E-state index contributed by atoms with van der Waals surface area (Å²) in [7, 11) is 0. The minimum absolute atomic E-state index is 0.209. The second kappa shape index (κ2) is 5.00. The molecule has 20 heavy (non-hydrogen) atoms. The summed E-state index contributed by atoms with van der Waals surface area (Å²) in [5.41, 5.74) is 0.694. The van der Waals surface area contributed by atoms with E-state index < -0.39 is 0 Å². The van der Waals surface area contributed by atoms with Crippen molar-refractivity contribution >= 4 is 5.91 Å². The summed E-state index contributed by atoms with van der Waals surface area (Å²) in [6.45, 7) is 0.420. The van der Waals surface area contributed by atoms with Crippen molar-refractivity contribution in [2.75, 3.05) is 6.54 Å². The SMILES string of the molecule is O=C(NCC1(c2ccccc2F)CC1)c1cnccn1. The maximum atomic E-state index is 13.8. The second-order valence-electron chi connectivity index (χ2n) is 5.03. The fourth-order valence-corrected chi connectivity index (χ4v) is 2.34. The summed E-state index contributed by atoms with van der Waals surface area (Å²) in [4.78, 5) is 19.7. The number of carbonyl (C=O) groups is 1. The van der Waals surface area contributed by atoms with Crippen molar-refractivity contribution in [3.63, 3.8) is 0 Å². The molecule has 2 aromatic rings. The van der Waals surface area contributed by atoms with Gasteiger partial charge in [-0.25, -0.2) is 9.37 Å². The quantitative estimate of drug-likeness (QED) is 0.926. The number of halogens is 1. The molecule has 0 spiro atoms. The van der Waals surface area contributed by atoms with Crippen LogP contribution in [0.2, 0.25) is 0 Å². The molecule has 1 aromatic carbocycles. The highest BCUT2D eigenvalue weighted by atomic mass is 19.1. The number of nitrogens with zero attached hydrogens (tertiary/aromatic N) is 2. The number of amides is 1. The van der Waals surface area contributed by atoms with E-state index in [9.17, 15) is 9.18 Å². The maximum Gasteiger partial charge on any atom is 0.271 e. The zero-order valence-electron chi connectivity index (χ0n) is 10.8. The molecule has 4 nitrogen and oxygen atoms in total. The Hall–Kier alpha value is -2.30. The van der Waals surface area contributed by atoms with Crippen LogP contribution in [0.4, 0.5) is 4.39 Å². The van der Waals surface area contributed by atoms with Crippen LogP contribution in [0.25, 0.3) is 0 Å². The van der Waals surface area contributed by atoms with Crippen LogP contribution >= 0.6 is 0 Å². The Morgan fingerprint density at radius 1 is 1.30 bits per heavy atom. The lowest BCUT2D eigenvalue weighted by Crippen LogP contribution is -2.33. The monoisotopic (exact) mass is 271 g/mol. The van der Waals surface area contributed by atoms with E-state index in [0.29, 0.717) is 12.1 Å². The number of benzene rings is 1. The summed E-state index contributed by atoms with van der Waals surface area (Å²) in [6, 6.07) is 6.74. The molecule has 5 heteroatoms. The lowest BCUT2D eigenvalue weighted by atomic mass is 9.95. The summed E-state index contributed by atoms with van der Waals surface area (Å²) in [5, 5.41) is 2.82. The van der Waals surface area contributed by atoms with Crippen LogP contribution in [-0.4, -0.2) is 22.4 Å². The van der Waals surface area contributed by atoms with Gasteiger partial charge in [-0.05, 0) is 24.5 Å². The first-order valence-corrected chi connectivity index (χ1v) is 6.50. The molecule has 1 N–H and O–H groups in total. The third kappa shape index (κ3) is 2.39. The Morgan fingerprint density at radius 3 is 2.75 bits per heavy atom. The van der Waals surface area contributed by atoms with Crippen LogP contribution in [-0.2, 0) is 5.41 Å². The van der Waals surface area contributed by atoms with Crippen LogP contribution in [0.3, 0.4) is 0 Å². The Morgan fingerprint density at radius 2 is 2.10 bits per heavy atom. The lowest BCUT2D eigenvalue weighted by Gasteiger charge is -2.17. The Labute approximate surface area is 116 Å². The molecule has 0 radical (unpaired) electrons. The first-order chi connectivity index (χ1) is 9.71. The van der Waals surface area contributed by atoms with Gasteiger partial charge in [0, 0.05) is 24.4 Å². The minimum Gasteiger partial charge on any atom is -0.350 e.